The molecular weight excluding hydrogens is 300 g/mol. The smallest absolute Gasteiger partial charge is 0.337 e. The van der Waals surface area contributed by atoms with Gasteiger partial charge in [0.15, 0.2) is 0 Å². The predicted molar refractivity (Wildman–Crippen MR) is 94.1 cm³/mol. The highest BCUT2D eigenvalue weighted by Crippen LogP contribution is 2.43. The van der Waals surface area contributed by atoms with E-state index < -0.39 is 0 Å². The fourth-order valence-corrected chi connectivity index (χ4v) is 3.85. The molecule has 4 nitrogen and oxygen atoms in total. The van der Waals surface area contributed by atoms with E-state index in [0.717, 1.165) is 16.8 Å². The molecule has 4 rings (SSSR count). The Morgan fingerprint density at radius 1 is 1.17 bits per heavy atom. The minimum Gasteiger partial charge on any atom is -0.465 e. The highest BCUT2D eigenvalue weighted by molar-refractivity contribution is 5.98. The molecule has 0 spiro atoms. The van der Waals surface area contributed by atoms with Gasteiger partial charge in [-0.15, -0.1) is 0 Å². The first-order chi connectivity index (χ1) is 11.8. The minimum atomic E-state index is -0.306. The molecule has 0 unspecified atom stereocenters. The van der Waals surface area contributed by atoms with Crippen molar-refractivity contribution in [1.29, 1.82) is 0 Å². The molecule has 0 amide bonds. The Morgan fingerprint density at radius 3 is 2.62 bits per heavy atom. The normalized spacial score (nSPS) is 15.0. The van der Waals surface area contributed by atoms with E-state index in [-0.39, 0.29) is 5.97 Å². The molecule has 1 N–H and O–H groups in total. The number of hydrogen-bond acceptors (Lipinski definition) is 3. The number of pyridine rings is 1. The number of carbonyl (C=O) groups is 1. The molecule has 1 saturated carbocycles. The fraction of sp³-hybridized carbons (Fsp3) is 0.300. The van der Waals surface area contributed by atoms with Crippen molar-refractivity contribution >= 4 is 16.9 Å². The van der Waals surface area contributed by atoms with E-state index in [1.807, 2.05) is 36.7 Å². The standard InChI is InChI=1S/C20H20N2O2/c1-24-20(23)15-6-7-16-17(12-15)22-19(14-8-10-21-11-9-14)18(16)13-4-2-3-5-13/h6-13,22H,2-5H2,1H3. The van der Waals surface area contributed by atoms with Crippen molar-refractivity contribution in [2.24, 2.45) is 0 Å². The number of methoxy groups -OCH3 is 1. The van der Waals surface area contributed by atoms with E-state index in [4.69, 9.17) is 4.74 Å². The predicted octanol–water partition coefficient (Wildman–Crippen LogP) is 4.67. The summed E-state index contributed by atoms with van der Waals surface area (Å²) in [5, 5.41) is 1.21. The van der Waals surface area contributed by atoms with Gasteiger partial charge in [0.25, 0.3) is 0 Å². The molecule has 122 valence electrons. The Hall–Kier alpha value is -2.62. The van der Waals surface area contributed by atoms with E-state index in [9.17, 15) is 4.79 Å². The van der Waals surface area contributed by atoms with Crippen LogP contribution in [0.25, 0.3) is 22.2 Å². The van der Waals surface area contributed by atoms with Gasteiger partial charge in [0.2, 0.25) is 0 Å². The highest BCUT2D eigenvalue weighted by Gasteiger charge is 2.25. The quantitative estimate of drug-likeness (QED) is 0.713. The number of nitrogens with one attached hydrogen (secondary N) is 1. The number of fused-ring (bicyclic) bond motifs is 1. The van der Waals surface area contributed by atoms with Crippen molar-refractivity contribution in [1.82, 2.24) is 9.97 Å². The third-order valence-corrected chi connectivity index (χ3v) is 4.99. The lowest BCUT2D eigenvalue weighted by Crippen LogP contribution is -2.00. The van der Waals surface area contributed by atoms with Crippen molar-refractivity contribution in [2.75, 3.05) is 7.11 Å². The highest BCUT2D eigenvalue weighted by atomic mass is 16.5. The van der Waals surface area contributed by atoms with Gasteiger partial charge in [0.05, 0.1) is 18.4 Å². The van der Waals surface area contributed by atoms with Crippen LogP contribution in [0.15, 0.2) is 42.7 Å². The molecule has 1 aliphatic rings. The molecule has 24 heavy (non-hydrogen) atoms. The maximum atomic E-state index is 11.8. The van der Waals surface area contributed by atoms with E-state index in [0.29, 0.717) is 11.5 Å². The van der Waals surface area contributed by atoms with Crippen LogP contribution in [0.2, 0.25) is 0 Å². The summed E-state index contributed by atoms with van der Waals surface area (Å²) in [5.74, 6) is 0.269. The molecule has 0 radical (unpaired) electrons. The maximum absolute atomic E-state index is 11.8. The van der Waals surface area contributed by atoms with Gasteiger partial charge < -0.3 is 9.72 Å². The Kier molecular flexibility index (Phi) is 3.81. The molecule has 0 saturated heterocycles. The van der Waals surface area contributed by atoms with Crippen molar-refractivity contribution in [3.8, 4) is 11.3 Å². The van der Waals surface area contributed by atoms with Gasteiger partial charge >= 0.3 is 5.97 Å². The third-order valence-electron chi connectivity index (χ3n) is 4.99. The molecule has 4 heteroatoms. The van der Waals surface area contributed by atoms with Crippen molar-refractivity contribution < 1.29 is 9.53 Å². The van der Waals surface area contributed by atoms with Gasteiger partial charge in [0, 0.05) is 28.9 Å². The van der Waals surface area contributed by atoms with Crippen LogP contribution in [0.4, 0.5) is 0 Å². The topological polar surface area (TPSA) is 55.0 Å². The molecule has 2 heterocycles. The molecule has 0 bridgehead atoms. The molecule has 1 aliphatic carbocycles. The monoisotopic (exact) mass is 320 g/mol. The summed E-state index contributed by atoms with van der Waals surface area (Å²) in [7, 11) is 1.41. The number of benzene rings is 1. The summed E-state index contributed by atoms with van der Waals surface area (Å²) in [6.45, 7) is 0. The number of ether oxygens (including phenoxy) is 1. The molecule has 1 aromatic carbocycles. The first kappa shape index (κ1) is 14.9. The second-order valence-corrected chi connectivity index (χ2v) is 6.38. The first-order valence-corrected chi connectivity index (χ1v) is 8.42. The van der Waals surface area contributed by atoms with Crippen LogP contribution in [0.5, 0.6) is 0 Å². The minimum absolute atomic E-state index is 0.306. The lowest BCUT2D eigenvalue weighted by molar-refractivity contribution is 0.0601. The molecule has 0 atom stereocenters. The van der Waals surface area contributed by atoms with Crippen molar-refractivity contribution in [2.45, 2.75) is 31.6 Å². The molecule has 0 aliphatic heterocycles. The van der Waals surface area contributed by atoms with Gasteiger partial charge in [-0.3, -0.25) is 4.98 Å². The lowest BCUT2D eigenvalue weighted by atomic mass is 9.92. The summed E-state index contributed by atoms with van der Waals surface area (Å²) in [6, 6.07) is 9.87. The Morgan fingerprint density at radius 2 is 1.92 bits per heavy atom. The Bertz CT molecular complexity index is 877. The Labute approximate surface area is 140 Å². The third kappa shape index (κ3) is 2.48. The summed E-state index contributed by atoms with van der Waals surface area (Å²) >= 11 is 0. The van der Waals surface area contributed by atoms with Crippen molar-refractivity contribution in [3.05, 3.63) is 53.9 Å². The second-order valence-electron chi connectivity index (χ2n) is 6.38. The fourth-order valence-electron chi connectivity index (χ4n) is 3.85. The van der Waals surface area contributed by atoms with E-state index in [1.165, 1.54) is 43.7 Å². The van der Waals surface area contributed by atoms with Crippen LogP contribution in [0.3, 0.4) is 0 Å². The number of aromatic nitrogens is 2. The number of H-pyrrole nitrogens is 1. The SMILES string of the molecule is COC(=O)c1ccc2c(C3CCCC3)c(-c3ccncc3)[nH]c2c1. The van der Waals surface area contributed by atoms with Crippen LogP contribution in [0, 0.1) is 0 Å². The first-order valence-electron chi connectivity index (χ1n) is 8.42. The number of hydrogen-bond donors (Lipinski definition) is 1. The van der Waals surface area contributed by atoms with Crippen LogP contribution in [0.1, 0.15) is 47.5 Å². The van der Waals surface area contributed by atoms with Crippen LogP contribution in [-0.4, -0.2) is 23.0 Å². The second kappa shape index (κ2) is 6.11. The average Bonchev–Trinajstić information content (AvgIpc) is 3.28. The van der Waals surface area contributed by atoms with E-state index >= 15 is 0 Å². The van der Waals surface area contributed by atoms with Gasteiger partial charge in [-0.05, 0) is 48.6 Å². The largest absolute Gasteiger partial charge is 0.465 e. The molecule has 2 aromatic heterocycles. The Balaban J connectivity index is 1.92. The number of carbonyl (C=O) groups excluding carboxylic acids is 1. The zero-order valence-corrected chi connectivity index (χ0v) is 13.7. The van der Waals surface area contributed by atoms with Crippen molar-refractivity contribution in [3.63, 3.8) is 0 Å². The van der Waals surface area contributed by atoms with Crippen LogP contribution < -0.4 is 0 Å². The zero-order valence-electron chi connectivity index (χ0n) is 13.7. The van der Waals surface area contributed by atoms with E-state index in [2.05, 4.69) is 16.0 Å². The number of nitrogens with zero attached hydrogens (tertiary/aromatic N) is 1. The van der Waals surface area contributed by atoms with Gasteiger partial charge in [-0.2, -0.15) is 0 Å². The van der Waals surface area contributed by atoms with Crippen LogP contribution >= 0.6 is 0 Å². The van der Waals surface area contributed by atoms with Gasteiger partial charge in [-0.1, -0.05) is 18.9 Å². The maximum Gasteiger partial charge on any atom is 0.337 e. The lowest BCUT2D eigenvalue weighted by Gasteiger charge is -2.12. The van der Waals surface area contributed by atoms with Crippen LogP contribution in [-0.2, 0) is 4.74 Å². The summed E-state index contributed by atoms with van der Waals surface area (Å²) in [4.78, 5) is 19.5. The number of rotatable bonds is 3. The summed E-state index contributed by atoms with van der Waals surface area (Å²) < 4.78 is 4.85. The summed E-state index contributed by atoms with van der Waals surface area (Å²) in [6.07, 6.45) is 8.66. The van der Waals surface area contributed by atoms with Gasteiger partial charge in [0.1, 0.15) is 0 Å². The van der Waals surface area contributed by atoms with Gasteiger partial charge in [-0.25, -0.2) is 4.79 Å². The van der Waals surface area contributed by atoms with E-state index in [1.54, 1.807) is 0 Å². The molecular formula is C20H20N2O2. The molecule has 3 aromatic rings. The number of esters is 1. The average molecular weight is 320 g/mol. The zero-order chi connectivity index (χ0) is 16.5. The summed E-state index contributed by atoms with van der Waals surface area (Å²) in [5.41, 5.74) is 5.24. The molecule has 1 fully saturated rings. The number of aromatic amines is 1.